The standard InChI is InChI=1S/C18H26FN3O5S/c1-18(2,10-23)5-6-20-12-4-3-11-7-14(24)17(16(19)13(11)8-12)22-9-15(25)21-28(22,26)27/h7,12,20,23-24H,3-6,8-10H2,1-2H3,(H,21,25). The normalized spacial score (nSPS) is 21.5. The van der Waals surface area contributed by atoms with Crippen molar-refractivity contribution in [2.75, 3.05) is 24.0 Å². The largest absolute Gasteiger partial charge is 0.506 e. The Labute approximate surface area is 163 Å². The molecule has 8 nitrogen and oxygen atoms in total. The topological polar surface area (TPSA) is 119 Å². The summed E-state index contributed by atoms with van der Waals surface area (Å²) in [6.45, 7) is 4.11. The van der Waals surface area contributed by atoms with E-state index in [0.29, 0.717) is 34.8 Å². The van der Waals surface area contributed by atoms with Crippen molar-refractivity contribution in [2.24, 2.45) is 5.41 Å². The SMILES string of the molecule is CC(C)(CO)CCNC1CCc2cc(O)c(N3CC(=O)NS3(=O)=O)c(F)c2C1. The van der Waals surface area contributed by atoms with Crippen molar-refractivity contribution in [1.29, 1.82) is 0 Å². The van der Waals surface area contributed by atoms with Crippen molar-refractivity contribution >= 4 is 21.8 Å². The predicted molar refractivity (Wildman–Crippen MR) is 102 cm³/mol. The maximum atomic E-state index is 15.2. The van der Waals surface area contributed by atoms with Crippen molar-refractivity contribution in [1.82, 2.24) is 10.0 Å². The molecular formula is C18H26FN3O5S. The molecule has 0 spiro atoms. The Morgan fingerprint density at radius 2 is 2.14 bits per heavy atom. The summed E-state index contributed by atoms with van der Waals surface area (Å²) in [6, 6.07) is 1.39. The van der Waals surface area contributed by atoms with Crippen LogP contribution in [0.5, 0.6) is 5.75 Å². The number of rotatable bonds is 6. The van der Waals surface area contributed by atoms with Crippen LogP contribution >= 0.6 is 0 Å². The number of phenols is 1. The first-order valence-corrected chi connectivity index (χ1v) is 10.7. The first-order chi connectivity index (χ1) is 13.0. The molecule has 0 bridgehead atoms. The van der Waals surface area contributed by atoms with E-state index >= 15 is 4.39 Å². The van der Waals surface area contributed by atoms with Gasteiger partial charge in [0.05, 0.1) is 0 Å². The van der Waals surface area contributed by atoms with E-state index in [4.69, 9.17) is 0 Å². The number of aliphatic hydroxyl groups is 1. The third-order valence-electron chi connectivity index (χ3n) is 5.36. The number of aryl methyl sites for hydroxylation is 1. The summed E-state index contributed by atoms with van der Waals surface area (Å²) < 4.78 is 41.7. The Morgan fingerprint density at radius 3 is 2.75 bits per heavy atom. The summed E-state index contributed by atoms with van der Waals surface area (Å²) >= 11 is 0. The third-order valence-corrected chi connectivity index (χ3v) is 6.74. The highest BCUT2D eigenvalue weighted by atomic mass is 32.2. The fraction of sp³-hybridized carbons (Fsp3) is 0.611. The molecule has 1 atom stereocenters. The number of nitrogens with one attached hydrogen (secondary N) is 2. The number of aliphatic hydroxyl groups excluding tert-OH is 1. The minimum Gasteiger partial charge on any atom is -0.506 e. The van der Waals surface area contributed by atoms with Crippen LogP contribution in [0.1, 0.15) is 37.8 Å². The van der Waals surface area contributed by atoms with Crippen molar-refractivity contribution in [3.63, 3.8) is 0 Å². The minimum absolute atomic E-state index is 0.00354. The lowest BCUT2D eigenvalue weighted by Gasteiger charge is -2.29. The summed E-state index contributed by atoms with van der Waals surface area (Å²) in [7, 11) is -4.21. The van der Waals surface area contributed by atoms with Crippen LogP contribution in [-0.2, 0) is 27.8 Å². The van der Waals surface area contributed by atoms with Gasteiger partial charge in [0.1, 0.15) is 18.0 Å². The molecule has 0 aromatic heterocycles. The average Bonchev–Trinajstić information content (AvgIpc) is 2.87. The molecule has 1 aromatic rings. The molecule has 1 saturated heterocycles. The molecule has 1 aliphatic carbocycles. The number of carbonyl (C=O) groups is 1. The lowest BCUT2D eigenvalue weighted by Crippen LogP contribution is -2.38. The fourth-order valence-corrected chi connectivity index (χ4v) is 4.75. The number of hydrogen-bond acceptors (Lipinski definition) is 6. The smallest absolute Gasteiger partial charge is 0.326 e. The number of halogens is 1. The van der Waals surface area contributed by atoms with Gasteiger partial charge in [-0.2, -0.15) is 8.42 Å². The van der Waals surface area contributed by atoms with Gasteiger partial charge in [0.2, 0.25) is 0 Å². The first kappa shape index (κ1) is 20.8. The number of phenolic OH excluding ortho intramolecular Hbond substituents is 1. The second-order valence-electron chi connectivity index (χ2n) is 8.20. The van der Waals surface area contributed by atoms with Gasteiger partial charge < -0.3 is 15.5 Å². The Morgan fingerprint density at radius 1 is 1.43 bits per heavy atom. The number of amides is 1. The van der Waals surface area contributed by atoms with Gasteiger partial charge in [-0.1, -0.05) is 13.8 Å². The van der Waals surface area contributed by atoms with Crippen LogP contribution in [-0.4, -0.2) is 50.3 Å². The molecule has 1 heterocycles. The van der Waals surface area contributed by atoms with Gasteiger partial charge >= 0.3 is 10.2 Å². The van der Waals surface area contributed by atoms with Crippen LogP contribution in [0.2, 0.25) is 0 Å². The van der Waals surface area contributed by atoms with Crippen molar-refractivity contribution in [3.05, 3.63) is 23.0 Å². The molecule has 3 rings (SSSR count). The molecule has 1 aliphatic heterocycles. The van der Waals surface area contributed by atoms with E-state index in [1.54, 1.807) is 4.72 Å². The van der Waals surface area contributed by atoms with Gasteiger partial charge in [0.15, 0.2) is 5.82 Å². The van der Waals surface area contributed by atoms with E-state index in [0.717, 1.165) is 12.8 Å². The van der Waals surface area contributed by atoms with Crippen LogP contribution in [0.3, 0.4) is 0 Å². The van der Waals surface area contributed by atoms with E-state index < -0.39 is 39.9 Å². The maximum absolute atomic E-state index is 15.2. The summed E-state index contributed by atoms with van der Waals surface area (Å²) in [4.78, 5) is 11.5. The van der Waals surface area contributed by atoms with Gasteiger partial charge in [-0.05, 0) is 54.8 Å². The Bertz CT molecular complexity index is 888. The zero-order valence-corrected chi connectivity index (χ0v) is 16.8. The molecular weight excluding hydrogens is 389 g/mol. The average molecular weight is 415 g/mol. The molecule has 2 aliphatic rings. The zero-order chi connectivity index (χ0) is 20.7. The molecule has 10 heteroatoms. The Balaban J connectivity index is 1.81. The summed E-state index contributed by atoms with van der Waals surface area (Å²) in [5.41, 5.74) is 0.308. The van der Waals surface area contributed by atoms with E-state index in [9.17, 15) is 23.4 Å². The maximum Gasteiger partial charge on any atom is 0.326 e. The highest BCUT2D eigenvalue weighted by Crippen LogP contribution is 2.39. The van der Waals surface area contributed by atoms with Gasteiger partial charge in [0, 0.05) is 12.6 Å². The summed E-state index contributed by atoms with van der Waals surface area (Å²) in [5, 5.41) is 22.9. The van der Waals surface area contributed by atoms with Crippen LogP contribution < -0.4 is 14.3 Å². The van der Waals surface area contributed by atoms with E-state index in [1.807, 2.05) is 13.8 Å². The second kappa shape index (κ2) is 7.49. The quantitative estimate of drug-likeness (QED) is 0.539. The summed E-state index contributed by atoms with van der Waals surface area (Å²) in [6.07, 6.45) is 2.41. The van der Waals surface area contributed by atoms with Crippen LogP contribution in [0, 0.1) is 11.2 Å². The van der Waals surface area contributed by atoms with Crippen LogP contribution in [0.25, 0.3) is 0 Å². The number of fused-ring (bicyclic) bond motifs is 1. The molecule has 156 valence electrons. The molecule has 0 saturated carbocycles. The van der Waals surface area contributed by atoms with Gasteiger partial charge in [0.25, 0.3) is 5.91 Å². The number of aromatic hydroxyl groups is 1. The molecule has 28 heavy (non-hydrogen) atoms. The number of nitrogens with zero attached hydrogens (tertiary/aromatic N) is 1. The second-order valence-corrected chi connectivity index (χ2v) is 9.79. The van der Waals surface area contributed by atoms with Crippen LogP contribution in [0.4, 0.5) is 10.1 Å². The lowest BCUT2D eigenvalue weighted by atomic mass is 9.86. The van der Waals surface area contributed by atoms with Gasteiger partial charge in [-0.15, -0.1) is 0 Å². The fourth-order valence-electron chi connectivity index (χ4n) is 3.59. The van der Waals surface area contributed by atoms with Gasteiger partial charge in [-0.25, -0.2) is 13.4 Å². The monoisotopic (exact) mass is 415 g/mol. The predicted octanol–water partition coefficient (Wildman–Crippen LogP) is 0.568. The highest BCUT2D eigenvalue weighted by molar-refractivity contribution is 7.92. The molecule has 1 fully saturated rings. The van der Waals surface area contributed by atoms with Gasteiger partial charge in [-0.3, -0.25) is 4.79 Å². The first-order valence-electron chi connectivity index (χ1n) is 9.25. The lowest BCUT2D eigenvalue weighted by molar-refractivity contribution is -0.117. The number of hydrogen-bond donors (Lipinski definition) is 4. The van der Waals surface area contributed by atoms with E-state index in [-0.39, 0.29) is 18.1 Å². The molecule has 4 N–H and O–H groups in total. The van der Waals surface area contributed by atoms with E-state index in [1.165, 1.54) is 6.07 Å². The number of benzene rings is 1. The Hall–Kier alpha value is -1.91. The van der Waals surface area contributed by atoms with Crippen molar-refractivity contribution < 1.29 is 27.8 Å². The van der Waals surface area contributed by atoms with Crippen molar-refractivity contribution in [3.8, 4) is 5.75 Å². The number of carbonyl (C=O) groups excluding carboxylic acids is 1. The molecule has 1 aromatic carbocycles. The summed E-state index contributed by atoms with van der Waals surface area (Å²) in [5.74, 6) is -2.08. The third kappa shape index (κ3) is 4.08. The zero-order valence-electron chi connectivity index (χ0n) is 16.0. The number of anilines is 1. The molecule has 1 amide bonds. The minimum atomic E-state index is -4.21. The van der Waals surface area contributed by atoms with E-state index in [2.05, 4.69) is 5.32 Å². The van der Waals surface area contributed by atoms with Crippen LogP contribution in [0.15, 0.2) is 6.07 Å². The van der Waals surface area contributed by atoms with Crippen molar-refractivity contribution in [2.45, 2.75) is 45.6 Å². The molecule has 0 radical (unpaired) electrons. The molecule has 1 unspecified atom stereocenters. The highest BCUT2D eigenvalue weighted by Gasteiger charge is 2.39. The Kier molecular flexibility index (Phi) is 5.57.